The highest BCUT2D eigenvalue weighted by atomic mass is 19.4. The molecule has 0 fully saturated rings. The molecule has 1 nitrogen and oxygen atoms in total. The first-order chi connectivity index (χ1) is 15.4. The zero-order chi connectivity index (χ0) is 23.0. The lowest BCUT2D eigenvalue weighted by Crippen LogP contribution is -2.19. The Morgan fingerprint density at radius 2 is 1.34 bits per heavy atom. The van der Waals surface area contributed by atoms with E-state index < -0.39 is 18.6 Å². The van der Waals surface area contributed by atoms with Crippen LogP contribution in [0.2, 0.25) is 0 Å². The topological polar surface area (TPSA) is 9.23 Å². The number of aryl methyl sites for hydroxylation is 3. The minimum atomic E-state index is -4.50. The van der Waals surface area contributed by atoms with Gasteiger partial charge < -0.3 is 4.74 Å². The Balaban J connectivity index is 1.56. The van der Waals surface area contributed by atoms with Crippen LogP contribution in [0.3, 0.4) is 0 Å². The summed E-state index contributed by atoms with van der Waals surface area (Å²) in [5, 5.41) is 0.912. The molecule has 0 N–H and O–H groups in total. The largest absolute Gasteiger partial charge is 0.481 e. The molecule has 3 aromatic rings. The van der Waals surface area contributed by atoms with Crippen molar-refractivity contribution in [1.29, 1.82) is 0 Å². The summed E-state index contributed by atoms with van der Waals surface area (Å²) in [6.07, 6.45) is 4.70. The van der Waals surface area contributed by atoms with Gasteiger partial charge in [-0.2, -0.15) is 13.2 Å². The van der Waals surface area contributed by atoms with Gasteiger partial charge in [-0.15, -0.1) is 0 Å². The molecular weight excluding hydrogens is 416 g/mol. The van der Waals surface area contributed by atoms with Gasteiger partial charge in [0, 0.05) is 5.39 Å². The summed E-state index contributed by atoms with van der Waals surface area (Å²) < 4.78 is 56.1. The summed E-state index contributed by atoms with van der Waals surface area (Å²) in [6.45, 7) is 0.716. The number of hydrogen-bond acceptors (Lipinski definition) is 1. The predicted molar refractivity (Wildman–Crippen MR) is 122 cm³/mol. The fraction of sp³-hybridized carbons (Fsp3) is 0.407. The van der Waals surface area contributed by atoms with Gasteiger partial charge in [0.1, 0.15) is 0 Å². The number of alkyl halides is 3. The molecule has 0 saturated carbocycles. The van der Waals surface area contributed by atoms with Crippen molar-refractivity contribution >= 4 is 10.8 Å². The number of fused-ring (bicyclic) bond motifs is 1. The summed E-state index contributed by atoms with van der Waals surface area (Å²) in [4.78, 5) is 0. The molecule has 0 radical (unpaired) electrons. The normalized spacial score (nSPS) is 11.8. The Kier molecular flexibility index (Phi) is 8.54. The Bertz CT molecular complexity index is 993. The first kappa shape index (κ1) is 24.1. The maximum absolute atomic E-state index is 14.5. The highest BCUT2D eigenvalue weighted by Gasteiger charge is 2.29. The highest BCUT2D eigenvalue weighted by Crippen LogP contribution is 2.29. The lowest BCUT2D eigenvalue weighted by atomic mass is 9.99. The molecule has 5 heteroatoms. The van der Waals surface area contributed by atoms with Gasteiger partial charge in [0.15, 0.2) is 18.2 Å². The monoisotopic (exact) mass is 446 g/mol. The molecule has 0 heterocycles. The van der Waals surface area contributed by atoms with E-state index in [9.17, 15) is 17.6 Å². The molecule has 0 aliphatic heterocycles. The van der Waals surface area contributed by atoms with Crippen LogP contribution in [-0.4, -0.2) is 12.8 Å². The molecule has 0 aliphatic carbocycles. The van der Waals surface area contributed by atoms with Gasteiger partial charge in [-0.3, -0.25) is 0 Å². The molecular formula is C27H30F4O. The first-order valence-electron chi connectivity index (χ1n) is 11.3. The third-order valence-corrected chi connectivity index (χ3v) is 5.67. The number of rotatable bonds is 11. The van der Waals surface area contributed by atoms with Crippen LogP contribution in [0.15, 0.2) is 54.6 Å². The first-order valence-corrected chi connectivity index (χ1v) is 11.3. The van der Waals surface area contributed by atoms with Crippen LogP contribution < -0.4 is 4.74 Å². The predicted octanol–water partition coefficient (Wildman–Crippen LogP) is 8.22. The highest BCUT2D eigenvalue weighted by molar-refractivity contribution is 5.85. The van der Waals surface area contributed by atoms with Crippen molar-refractivity contribution in [2.24, 2.45) is 0 Å². The minimum absolute atomic E-state index is 0.261. The number of benzene rings is 3. The molecule has 0 spiro atoms. The molecule has 0 amide bonds. The van der Waals surface area contributed by atoms with Crippen molar-refractivity contribution in [2.45, 2.75) is 64.5 Å². The molecule has 0 aromatic heterocycles. The average Bonchev–Trinajstić information content (AvgIpc) is 2.77. The van der Waals surface area contributed by atoms with Crippen molar-refractivity contribution in [2.75, 3.05) is 6.61 Å². The second-order valence-corrected chi connectivity index (χ2v) is 8.32. The molecule has 0 unspecified atom stereocenters. The second-order valence-electron chi connectivity index (χ2n) is 8.32. The fourth-order valence-corrected chi connectivity index (χ4v) is 3.84. The lowest BCUT2D eigenvalue weighted by molar-refractivity contribution is -0.153. The molecule has 3 rings (SSSR count). The standard InChI is InChI=1S/C27H30F4O/c1-2-3-4-5-6-7-20-8-10-21(11-9-20)12-13-22-14-16-24-23(18-22)15-17-25(26(24)28)32-19-27(29,30)31/h8-11,14-18H,2-7,12-13,19H2,1H3. The van der Waals surface area contributed by atoms with Crippen LogP contribution in [0, 0.1) is 5.82 Å². The molecule has 172 valence electrons. The quantitative estimate of drug-likeness (QED) is 0.213. The van der Waals surface area contributed by atoms with Gasteiger partial charge in [0.2, 0.25) is 0 Å². The molecule has 0 saturated heterocycles. The smallest absolute Gasteiger partial charge is 0.422 e. The van der Waals surface area contributed by atoms with Crippen LogP contribution in [0.4, 0.5) is 17.6 Å². The number of unbranched alkanes of at least 4 members (excludes halogenated alkanes) is 4. The zero-order valence-electron chi connectivity index (χ0n) is 18.5. The Labute approximate surface area is 187 Å². The summed E-state index contributed by atoms with van der Waals surface area (Å²) in [5.41, 5.74) is 3.68. The summed E-state index contributed by atoms with van der Waals surface area (Å²) in [6, 6.07) is 16.9. The third kappa shape index (κ3) is 7.25. The molecule has 32 heavy (non-hydrogen) atoms. The van der Waals surface area contributed by atoms with Gasteiger partial charge in [0.05, 0.1) is 0 Å². The van der Waals surface area contributed by atoms with Crippen LogP contribution in [0.25, 0.3) is 10.8 Å². The number of hydrogen-bond donors (Lipinski definition) is 0. The van der Waals surface area contributed by atoms with E-state index in [1.807, 2.05) is 12.1 Å². The number of ether oxygens (including phenoxy) is 1. The van der Waals surface area contributed by atoms with Crippen molar-refractivity contribution in [1.82, 2.24) is 0 Å². The van der Waals surface area contributed by atoms with E-state index in [1.165, 1.54) is 49.3 Å². The van der Waals surface area contributed by atoms with E-state index in [2.05, 4.69) is 35.9 Å². The van der Waals surface area contributed by atoms with Crippen LogP contribution in [0.5, 0.6) is 5.75 Å². The van der Waals surface area contributed by atoms with Gasteiger partial charge in [-0.25, -0.2) is 4.39 Å². The van der Waals surface area contributed by atoms with Crippen molar-refractivity contribution in [3.05, 3.63) is 77.1 Å². The molecule has 0 aliphatic rings. The zero-order valence-corrected chi connectivity index (χ0v) is 18.5. The summed E-state index contributed by atoms with van der Waals surface area (Å²) in [5.74, 6) is -1.14. The van der Waals surface area contributed by atoms with Crippen LogP contribution in [-0.2, 0) is 19.3 Å². The van der Waals surface area contributed by atoms with Gasteiger partial charge >= 0.3 is 6.18 Å². The van der Waals surface area contributed by atoms with Crippen LogP contribution in [0.1, 0.15) is 55.7 Å². The lowest BCUT2D eigenvalue weighted by Gasteiger charge is -2.12. The second kappa shape index (κ2) is 11.3. The SMILES string of the molecule is CCCCCCCc1ccc(CCc2ccc3c(F)c(OCC(F)(F)F)ccc3c2)cc1. The van der Waals surface area contributed by atoms with E-state index in [-0.39, 0.29) is 11.1 Å². The number of halogens is 4. The fourth-order valence-electron chi connectivity index (χ4n) is 3.84. The molecule has 3 aromatic carbocycles. The Hall–Kier alpha value is -2.56. The molecule has 0 atom stereocenters. The van der Waals surface area contributed by atoms with E-state index in [0.717, 1.165) is 24.8 Å². The maximum Gasteiger partial charge on any atom is 0.422 e. The summed E-state index contributed by atoms with van der Waals surface area (Å²) >= 11 is 0. The van der Waals surface area contributed by atoms with Crippen molar-refractivity contribution in [3.8, 4) is 5.75 Å². The minimum Gasteiger partial charge on any atom is -0.481 e. The van der Waals surface area contributed by atoms with Gasteiger partial charge in [0.25, 0.3) is 0 Å². The Morgan fingerprint density at radius 1 is 0.719 bits per heavy atom. The van der Waals surface area contributed by atoms with Crippen LogP contribution >= 0.6 is 0 Å². The average molecular weight is 447 g/mol. The van der Waals surface area contributed by atoms with E-state index >= 15 is 0 Å². The summed E-state index contributed by atoms with van der Waals surface area (Å²) in [7, 11) is 0. The molecule has 0 bridgehead atoms. The van der Waals surface area contributed by atoms with Gasteiger partial charge in [-0.05, 0) is 53.8 Å². The third-order valence-electron chi connectivity index (χ3n) is 5.67. The van der Waals surface area contributed by atoms with E-state index in [4.69, 9.17) is 0 Å². The van der Waals surface area contributed by atoms with Crippen molar-refractivity contribution in [3.63, 3.8) is 0 Å². The van der Waals surface area contributed by atoms with Gasteiger partial charge in [-0.1, -0.05) is 81.1 Å². The Morgan fingerprint density at radius 3 is 2.03 bits per heavy atom. The maximum atomic E-state index is 14.5. The van der Waals surface area contributed by atoms with E-state index in [0.29, 0.717) is 5.39 Å². The van der Waals surface area contributed by atoms with Crippen molar-refractivity contribution < 1.29 is 22.3 Å². The van der Waals surface area contributed by atoms with E-state index in [1.54, 1.807) is 12.1 Å².